The van der Waals surface area contributed by atoms with E-state index in [0.29, 0.717) is 12.2 Å². The third kappa shape index (κ3) is 2.50. The lowest BCUT2D eigenvalue weighted by molar-refractivity contribution is -0.114. The van der Waals surface area contributed by atoms with Gasteiger partial charge in [0.05, 0.1) is 16.3 Å². The summed E-state index contributed by atoms with van der Waals surface area (Å²) in [6.07, 6.45) is 1.95. The van der Waals surface area contributed by atoms with E-state index in [-0.39, 0.29) is 16.5 Å². The minimum absolute atomic E-state index is 0.136. The number of carbonyl (C=O) groups is 2. The molecule has 2 rings (SSSR count). The fourth-order valence-corrected chi connectivity index (χ4v) is 2.53. The predicted octanol–water partition coefficient (Wildman–Crippen LogP) is 3.44. The van der Waals surface area contributed by atoms with Crippen molar-refractivity contribution in [1.29, 1.82) is 0 Å². The van der Waals surface area contributed by atoms with Crippen LogP contribution >= 0.6 is 11.6 Å². The van der Waals surface area contributed by atoms with Gasteiger partial charge in [-0.3, -0.25) is 9.59 Å². The fourth-order valence-electron chi connectivity index (χ4n) is 2.37. The van der Waals surface area contributed by atoms with E-state index < -0.39 is 17.5 Å². The molecule has 0 N–H and O–H groups in total. The minimum atomic E-state index is -0.615. The molecule has 0 aliphatic carbocycles. The van der Waals surface area contributed by atoms with Crippen molar-refractivity contribution in [3.63, 3.8) is 0 Å². The summed E-state index contributed by atoms with van der Waals surface area (Å²) >= 11 is 5.65. The van der Waals surface area contributed by atoms with Gasteiger partial charge in [-0.05, 0) is 24.5 Å². The van der Waals surface area contributed by atoms with Gasteiger partial charge in [-0.2, -0.15) is 0 Å². The summed E-state index contributed by atoms with van der Waals surface area (Å²) in [6.45, 7) is 4.48. The molecule has 1 amide bonds. The highest BCUT2D eigenvalue weighted by molar-refractivity contribution is 6.52. The van der Waals surface area contributed by atoms with Crippen LogP contribution in [-0.2, 0) is 4.79 Å². The van der Waals surface area contributed by atoms with E-state index in [2.05, 4.69) is 6.92 Å². The van der Waals surface area contributed by atoms with Crippen molar-refractivity contribution in [2.24, 2.45) is 5.92 Å². The first kappa shape index (κ1) is 14.0. The Morgan fingerprint density at radius 3 is 2.68 bits per heavy atom. The van der Waals surface area contributed by atoms with Crippen molar-refractivity contribution >= 4 is 29.0 Å². The van der Waals surface area contributed by atoms with Crippen LogP contribution in [-0.4, -0.2) is 18.2 Å². The number of amides is 1. The lowest BCUT2D eigenvalue weighted by Crippen LogP contribution is -2.33. The van der Waals surface area contributed by atoms with Gasteiger partial charge in [0.1, 0.15) is 5.82 Å². The molecular weight excluding hydrogens is 269 g/mol. The zero-order valence-electron chi connectivity index (χ0n) is 10.9. The number of carbonyl (C=O) groups excluding carboxylic acids is 2. The molecule has 1 aromatic rings. The van der Waals surface area contributed by atoms with E-state index in [9.17, 15) is 14.0 Å². The molecule has 5 heteroatoms. The number of hydrogen-bond acceptors (Lipinski definition) is 2. The van der Waals surface area contributed by atoms with E-state index in [1.165, 1.54) is 17.0 Å². The zero-order chi connectivity index (χ0) is 14.2. The molecule has 1 aromatic carbocycles. The quantitative estimate of drug-likeness (QED) is 0.794. The Morgan fingerprint density at radius 2 is 2.05 bits per heavy atom. The van der Waals surface area contributed by atoms with Crippen molar-refractivity contribution in [2.75, 3.05) is 11.4 Å². The van der Waals surface area contributed by atoms with Crippen molar-refractivity contribution < 1.29 is 14.0 Å². The van der Waals surface area contributed by atoms with Crippen molar-refractivity contribution in [3.05, 3.63) is 28.5 Å². The van der Waals surface area contributed by atoms with Crippen LogP contribution in [0.1, 0.15) is 37.0 Å². The predicted molar refractivity (Wildman–Crippen MR) is 72.2 cm³/mol. The molecule has 3 nitrogen and oxygen atoms in total. The van der Waals surface area contributed by atoms with Crippen LogP contribution in [0, 0.1) is 11.7 Å². The van der Waals surface area contributed by atoms with Crippen LogP contribution in [0.5, 0.6) is 0 Å². The highest BCUT2D eigenvalue weighted by Crippen LogP contribution is 2.33. The Labute approximate surface area is 116 Å². The van der Waals surface area contributed by atoms with E-state index in [0.717, 1.165) is 12.8 Å². The molecular formula is C14H15ClFNO2. The second kappa shape index (κ2) is 5.29. The smallest absolute Gasteiger partial charge is 0.299 e. The molecule has 0 saturated carbocycles. The molecule has 0 bridgehead atoms. The Morgan fingerprint density at radius 1 is 1.37 bits per heavy atom. The summed E-state index contributed by atoms with van der Waals surface area (Å²) in [5, 5.41) is -0.136. The molecule has 1 heterocycles. The molecule has 0 fully saturated rings. The molecule has 19 heavy (non-hydrogen) atoms. The van der Waals surface area contributed by atoms with Crippen molar-refractivity contribution in [1.82, 2.24) is 0 Å². The van der Waals surface area contributed by atoms with Gasteiger partial charge in [0, 0.05) is 6.54 Å². The zero-order valence-corrected chi connectivity index (χ0v) is 11.6. The molecule has 102 valence electrons. The van der Waals surface area contributed by atoms with Crippen LogP contribution in [0.3, 0.4) is 0 Å². The summed E-state index contributed by atoms with van der Waals surface area (Å²) in [5.41, 5.74) is 0.528. The first-order valence-corrected chi connectivity index (χ1v) is 6.68. The lowest BCUT2D eigenvalue weighted by Gasteiger charge is -2.21. The number of Topliss-reactive ketones (excluding diaryl/α,β-unsaturated/α-hetero) is 1. The first-order chi connectivity index (χ1) is 8.95. The number of rotatable bonds is 4. The summed E-state index contributed by atoms with van der Waals surface area (Å²) < 4.78 is 13.5. The fraction of sp³-hybridized carbons (Fsp3) is 0.429. The standard InChI is InChI=1S/C14H15ClFNO2/c1-3-4-8(2)7-17-12-6-11(16)10(15)5-9(12)13(18)14(17)19/h5-6,8H,3-4,7H2,1-2H3. The van der Waals surface area contributed by atoms with Gasteiger partial charge in [0.15, 0.2) is 0 Å². The maximum atomic E-state index is 13.5. The molecule has 1 aliphatic heterocycles. The number of nitrogens with zero attached hydrogens (tertiary/aromatic N) is 1. The third-order valence-electron chi connectivity index (χ3n) is 3.29. The highest BCUT2D eigenvalue weighted by atomic mass is 35.5. The number of anilines is 1. The maximum Gasteiger partial charge on any atom is 0.299 e. The summed E-state index contributed by atoms with van der Waals surface area (Å²) in [6, 6.07) is 2.40. The van der Waals surface area contributed by atoms with Gasteiger partial charge >= 0.3 is 0 Å². The number of benzene rings is 1. The Balaban J connectivity index is 2.36. The van der Waals surface area contributed by atoms with Gasteiger partial charge in [-0.25, -0.2) is 4.39 Å². The van der Waals surface area contributed by atoms with Crippen molar-refractivity contribution in [3.8, 4) is 0 Å². The van der Waals surface area contributed by atoms with Crippen LogP contribution in [0.4, 0.5) is 10.1 Å². The second-order valence-corrected chi connectivity index (χ2v) is 5.33. The Hall–Kier alpha value is -1.42. The van der Waals surface area contributed by atoms with Gasteiger partial charge in [-0.15, -0.1) is 0 Å². The van der Waals surface area contributed by atoms with E-state index in [4.69, 9.17) is 11.6 Å². The summed E-state index contributed by atoms with van der Waals surface area (Å²) in [4.78, 5) is 25.1. The van der Waals surface area contributed by atoms with Crippen LogP contribution in [0.2, 0.25) is 5.02 Å². The topological polar surface area (TPSA) is 37.4 Å². The number of hydrogen-bond donors (Lipinski definition) is 0. The summed E-state index contributed by atoms with van der Waals surface area (Å²) in [5.74, 6) is -1.57. The Bertz CT molecular complexity index is 544. The second-order valence-electron chi connectivity index (χ2n) is 4.92. The average Bonchev–Trinajstić information content (AvgIpc) is 2.56. The van der Waals surface area contributed by atoms with Crippen molar-refractivity contribution in [2.45, 2.75) is 26.7 Å². The van der Waals surface area contributed by atoms with Gasteiger partial charge < -0.3 is 4.90 Å². The monoisotopic (exact) mass is 283 g/mol. The molecule has 0 radical (unpaired) electrons. The third-order valence-corrected chi connectivity index (χ3v) is 3.58. The number of ketones is 1. The van der Waals surface area contributed by atoms with Crippen LogP contribution in [0.15, 0.2) is 12.1 Å². The molecule has 0 aromatic heterocycles. The van der Waals surface area contributed by atoms with E-state index in [1.54, 1.807) is 0 Å². The van der Waals surface area contributed by atoms with Crippen LogP contribution < -0.4 is 4.90 Å². The summed E-state index contributed by atoms with van der Waals surface area (Å²) in [7, 11) is 0. The first-order valence-electron chi connectivity index (χ1n) is 6.31. The molecule has 1 aliphatic rings. The normalized spacial score (nSPS) is 15.9. The lowest BCUT2D eigenvalue weighted by atomic mass is 10.1. The van der Waals surface area contributed by atoms with Gasteiger partial charge in [0.2, 0.25) is 0 Å². The largest absolute Gasteiger partial charge is 0.304 e. The SMILES string of the molecule is CCCC(C)CN1C(=O)C(=O)c2cc(Cl)c(F)cc21. The van der Waals surface area contributed by atoms with Gasteiger partial charge in [0.25, 0.3) is 11.7 Å². The maximum absolute atomic E-state index is 13.5. The number of fused-ring (bicyclic) bond motifs is 1. The highest BCUT2D eigenvalue weighted by Gasteiger charge is 2.37. The van der Waals surface area contributed by atoms with E-state index >= 15 is 0 Å². The molecule has 1 unspecified atom stereocenters. The molecule has 0 spiro atoms. The average molecular weight is 284 g/mol. The van der Waals surface area contributed by atoms with Gasteiger partial charge in [-0.1, -0.05) is 31.9 Å². The number of halogens is 2. The molecule has 1 atom stereocenters. The van der Waals surface area contributed by atoms with E-state index in [1.807, 2.05) is 6.92 Å². The molecule has 0 saturated heterocycles. The van der Waals surface area contributed by atoms with Crippen LogP contribution in [0.25, 0.3) is 0 Å². The Kier molecular flexibility index (Phi) is 3.90. The minimum Gasteiger partial charge on any atom is -0.304 e.